The molecule has 3 heteroatoms. The lowest BCUT2D eigenvalue weighted by Crippen LogP contribution is -2.04. The van der Waals surface area contributed by atoms with Gasteiger partial charge in [-0.25, -0.2) is 9.79 Å². The number of nitrogens with zero attached hydrogens (tertiary/aromatic N) is 1. The van der Waals surface area contributed by atoms with E-state index in [1.54, 1.807) is 25.2 Å². The number of hydrogen-bond donors (Lipinski definition) is 0. The summed E-state index contributed by atoms with van der Waals surface area (Å²) in [6, 6.07) is 0. The van der Waals surface area contributed by atoms with Gasteiger partial charge in [0.1, 0.15) is 5.70 Å². The molecule has 0 aliphatic heterocycles. The first kappa shape index (κ1) is 11.4. The van der Waals surface area contributed by atoms with Crippen LogP contribution in [-0.2, 0) is 9.53 Å². The lowest BCUT2D eigenvalue weighted by molar-refractivity contribution is -0.138. The minimum Gasteiger partial charge on any atom is -0.461 e. The second-order valence-electron chi connectivity index (χ2n) is 2.07. The molecule has 0 radical (unpaired) electrons. The Bertz CT molecular complexity index is 252. The van der Waals surface area contributed by atoms with E-state index in [2.05, 4.69) is 22.9 Å². The number of aliphatic imine (C=N–C) groups is 1. The molecule has 0 saturated heterocycles. The molecule has 0 atom stereocenters. The van der Waals surface area contributed by atoms with Crippen LogP contribution in [0.5, 0.6) is 0 Å². The van der Waals surface area contributed by atoms with Crippen LogP contribution in [0.3, 0.4) is 0 Å². The van der Waals surface area contributed by atoms with Gasteiger partial charge in [-0.15, -0.1) is 0 Å². The summed E-state index contributed by atoms with van der Waals surface area (Å²) in [7, 11) is 0. The van der Waals surface area contributed by atoms with Crippen LogP contribution >= 0.6 is 0 Å². The van der Waals surface area contributed by atoms with E-state index in [1.165, 1.54) is 6.21 Å². The van der Waals surface area contributed by atoms with Gasteiger partial charge in [-0.1, -0.05) is 25.3 Å². The van der Waals surface area contributed by atoms with Gasteiger partial charge in [0.2, 0.25) is 0 Å². The van der Waals surface area contributed by atoms with Gasteiger partial charge in [-0.3, -0.25) is 0 Å². The topological polar surface area (TPSA) is 38.7 Å². The monoisotopic (exact) mass is 179 g/mol. The maximum atomic E-state index is 10.9. The number of allylic oxidation sites excluding steroid dienone is 3. The summed E-state index contributed by atoms with van der Waals surface area (Å²) in [5.41, 5.74) is 0.0931. The summed E-state index contributed by atoms with van der Waals surface area (Å²) in [6.07, 6.45) is 6.42. The molecule has 70 valence electrons. The quantitative estimate of drug-likeness (QED) is 0.280. The van der Waals surface area contributed by atoms with Crippen molar-refractivity contribution in [3.63, 3.8) is 0 Å². The van der Waals surface area contributed by atoms with E-state index in [1.807, 2.05) is 0 Å². The first-order valence-electron chi connectivity index (χ1n) is 3.90. The van der Waals surface area contributed by atoms with Crippen molar-refractivity contribution in [2.75, 3.05) is 6.61 Å². The molecular formula is C10H13NO2. The van der Waals surface area contributed by atoms with Gasteiger partial charge in [0.05, 0.1) is 6.61 Å². The molecule has 0 heterocycles. The van der Waals surface area contributed by atoms with Crippen LogP contribution in [0.1, 0.15) is 6.92 Å². The SMILES string of the molecule is C=C/C=C\C=NC(=C)C(=O)OCC. The summed E-state index contributed by atoms with van der Waals surface area (Å²) in [4.78, 5) is 14.7. The summed E-state index contributed by atoms with van der Waals surface area (Å²) in [5, 5.41) is 0. The molecule has 0 unspecified atom stereocenters. The van der Waals surface area contributed by atoms with Crippen LogP contribution in [-0.4, -0.2) is 18.8 Å². The predicted molar refractivity (Wildman–Crippen MR) is 53.6 cm³/mol. The highest BCUT2D eigenvalue weighted by molar-refractivity contribution is 5.90. The molecule has 0 saturated carbocycles. The van der Waals surface area contributed by atoms with E-state index in [9.17, 15) is 4.79 Å². The lowest BCUT2D eigenvalue weighted by atomic mass is 10.5. The molecule has 0 spiro atoms. The van der Waals surface area contributed by atoms with Crippen molar-refractivity contribution in [1.29, 1.82) is 0 Å². The first-order valence-corrected chi connectivity index (χ1v) is 3.90. The number of esters is 1. The van der Waals surface area contributed by atoms with Crippen LogP contribution in [0.2, 0.25) is 0 Å². The lowest BCUT2D eigenvalue weighted by Gasteiger charge is -1.98. The van der Waals surface area contributed by atoms with Crippen molar-refractivity contribution in [2.24, 2.45) is 4.99 Å². The molecule has 3 nitrogen and oxygen atoms in total. The van der Waals surface area contributed by atoms with E-state index in [0.29, 0.717) is 6.61 Å². The van der Waals surface area contributed by atoms with Gasteiger partial charge >= 0.3 is 5.97 Å². The molecule has 0 aliphatic carbocycles. The van der Waals surface area contributed by atoms with Crippen molar-refractivity contribution in [2.45, 2.75) is 6.92 Å². The third-order valence-corrected chi connectivity index (χ3v) is 1.07. The summed E-state index contributed by atoms with van der Waals surface area (Å²) < 4.78 is 4.66. The van der Waals surface area contributed by atoms with Crippen molar-refractivity contribution >= 4 is 12.2 Å². The minimum atomic E-state index is -0.495. The molecule has 0 amide bonds. The van der Waals surface area contributed by atoms with E-state index in [0.717, 1.165) is 0 Å². The highest BCUT2D eigenvalue weighted by Crippen LogP contribution is 1.95. The molecule has 0 aliphatic rings. The van der Waals surface area contributed by atoms with Crippen LogP contribution in [0.4, 0.5) is 0 Å². The molecule has 0 bridgehead atoms. The summed E-state index contributed by atoms with van der Waals surface area (Å²) >= 11 is 0. The average molecular weight is 179 g/mol. The number of carbonyl (C=O) groups is 1. The molecular weight excluding hydrogens is 166 g/mol. The fourth-order valence-corrected chi connectivity index (χ4v) is 0.528. The average Bonchev–Trinajstić information content (AvgIpc) is 2.12. The minimum absolute atomic E-state index is 0.0931. The van der Waals surface area contributed by atoms with Crippen molar-refractivity contribution < 1.29 is 9.53 Å². The van der Waals surface area contributed by atoms with Crippen LogP contribution < -0.4 is 0 Å². The fraction of sp³-hybridized carbons (Fsp3) is 0.200. The van der Waals surface area contributed by atoms with E-state index >= 15 is 0 Å². The second-order valence-corrected chi connectivity index (χ2v) is 2.07. The van der Waals surface area contributed by atoms with Crippen molar-refractivity contribution in [1.82, 2.24) is 0 Å². The van der Waals surface area contributed by atoms with Gasteiger partial charge in [-0.2, -0.15) is 0 Å². The Morgan fingerprint density at radius 1 is 1.54 bits per heavy atom. The zero-order chi connectivity index (χ0) is 10.1. The van der Waals surface area contributed by atoms with E-state index < -0.39 is 5.97 Å². The highest BCUT2D eigenvalue weighted by Gasteiger charge is 2.03. The Morgan fingerprint density at radius 3 is 2.77 bits per heavy atom. The molecule has 0 fully saturated rings. The van der Waals surface area contributed by atoms with Crippen LogP contribution in [0.15, 0.2) is 42.1 Å². The third kappa shape index (κ3) is 5.61. The van der Waals surface area contributed by atoms with Crippen molar-refractivity contribution in [3.05, 3.63) is 37.1 Å². The molecule has 0 aromatic heterocycles. The number of rotatable bonds is 5. The molecule has 0 rings (SSSR count). The summed E-state index contributed by atoms with van der Waals surface area (Å²) in [6.45, 7) is 8.98. The zero-order valence-electron chi connectivity index (χ0n) is 7.69. The van der Waals surface area contributed by atoms with Gasteiger partial charge < -0.3 is 4.74 Å². The Hall–Kier alpha value is -1.64. The Kier molecular flexibility index (Phi) is 6.15. The van der Waals surface area contributed by atoms with E-state index in [4.69, 9.17) is 0 Å². The number of carbonyl (C=O) groups excluding carboxylic acids is 1. The Labute approximate surface area is 78.1 Å². The highest BCUT2D eigenvalue weighted by atomic mass is 16.5. The van der Waals surface area contributed by atoms with Gasteiger partial charge in [0.15, 0.2) is 0 Å². The standard InChI is InChI=1S/C10H13NO2/c1-4-6-7-8-11-9(3)10(12)13-5-2/h4,6-8H,1,3,5H2,2H3/b7-6-,11-8?. The van der Waals surface area contributed by atoms with Gasteiger partial charge in [0.25, 0.3) is 0 Å². The fourth-order valence-electron chi connectivity index (χ4n) is 0.528. The van der Waals surface area contributed by atoms with Crippen molar-refractivity contribution in [3.8, 4) is 0 Å². The van der Waals surface area contributed by atoms with Crippen LogP contribution in [0.25, 0.3) is 0 Å². The molecule has 0 aromatic rings. The molecule has 0 N–H and O–H groups in total. The normalized spacial score (nSPS) is 10.5. The maximum absolute atomic E-state index is 10.9. The van der Waals surface area contributed by atoms with E-state index in [-0.39, 0.29) is 5.70 Å². The second kappa shape index (κ2) is 7.03. The summed E-state index contributed by atoms with van der Waals surface area (Å²) in [5.74, 6) is -0.495. The van der Waals surface area contributed by atoms with Gasteiger partial charge in [-0.05, 0) is 13.0 Å². The Morgan fingerprint density at radius 2 is 2.23 bits per heavy atom. The number of hydrogen-bond acceptors (Lipinski definition) is 3. The first-order chi connectivity index (χ1) is 6.22. The van der Waals surface area contributed by atoms with Gasteiger partial charge in [0, 0.05) is 6.21 Å². The number of ether oxygens (including phenoxy) is 1. The maximum Gasteiger partial charge on any atom is 0.356 e. The molecule has 0 aromatic carbocycles. The zero-order valence-corrected chi connectivity index (χ0v) is 7.69. The Balaban J connectivity index is 3.99. The van der Waals surface area contributed by atoms with Crippen LogP contribution in [0, 0.1) is 0 Å². The molecule has 13 heavy (non-hydrogen) atoms. The predicted octanol–water partition coefficient (Wildman–Crippen LogP) is 1.88. The largest absolute Gasteiger partial charge is 0.461 e. The third-order valence-electron chi connectivity index (χ3n) is 1.07. The smallest absolute Gasteiger partial charge is 0.356 e.